The van der Waals surface area contributed by atoms with E-state index in [-0.39, 0.29) is 18.8 Å². The monoisotopic (exact) mass is 301 g/mol. The van der Waals surface area contributed by atoms with Crippen molar-refractivity contribution in [2.45, 2.75) is 25.7 Å². The number of hydrogen-bond donors (Lipinski definition) is 1. The van der Waals surface area contributed by atoms with Crippen LogP contribution < -0.4 is 4.74 Å². The van der Waals surface area contributed by atoms with Crippen molar-refractivity contribution in [2.75, 3.05) is 26.7 Å². The molecule has 0 saturated carbocycles. The SMILES string of the molecule is CN(CCCCC(=O)O)CCCOc1ccccc1.Cl. The maximum atomic E-state index is 10.4. The van der Waals surface area contributed by atoms with E-state index in [0.717, 1.165) is 38.1 Å². The van der Waals surface area contributed by atoms with Gasteiger partial charge in [-0.05, 0) is 45.0 Å². The Hall–Kier alpha value is -1.26. The third-order valence-electron chi connectivity index (χ3n) is 2.88. The number of halogens is 1. The molecule has 114 valence electrons. The van der Waals surface area contributed by atoms with Crippen LogP contribution in [-0.4, -0.2) is 42.7 Å². The second kappa shape index (κ2) is 11.6. The van der Waals surface area contributed by atoms with Crippen molar-refractivity contribution in [3.8, 4) is 5.75 Å². The van der Waals surface area contributed by atoms with Gasteiger partial charge in [-0.1, -0.05) is 18.2 Å². The fourth-order valence-electron chi connectivity index (χ4n) is 1.81. The van der Waals surface area contributed by atoms with Crippen LogP contribution in [0.1, 0.15) is 25.7 Å². The van der Waals surface area contributed by atoms with E-state index in [1.165, 1.54) is 0 Å². The number of aliphatic carboxylic acids is 1. The molecule has 0 unspecified atom stereocenters. The highest BCUT2D eigenvalue weighted by molar-refractivity contribution is 5.85. The van der Waals surface area contributed by atoms with Gasteiger partial charge in [0.1, 0.15) is 5.75 Å². The van der Waals surface area contributed by atoms with Gasteiger partial charge >= 0.3 is 5.97 Å². The highest BCUT2D eigenvalue weighted by atomic mass is 35.5. The van der Waals surface area contributed by atoms with Crippen LogP contribution in [0.2, 0.25) is 0 Å². The number of unbranched alkanes of at least 4 members (excludes halogenated alkanes) is 1. The predicted octanol–water partition coefficient (Wildman–Crippen LogP) is 3.06. The lowest BCUT2D eigenvalue weighted by molar-refractivity contribution is -0.137. The van der Waals surface area contributed by atoms with Gasteiger partial charge in [0.2, 0.25) is 0 Å². The Morgan fingerprint density at radius 1 is 1.15 bits per heavy atom. The Morgan fingerprint density at radius 2 is 1.80 bits per heavy atom. The topological polar surface area (TPSA) is 49.8 Å². The number of para-hydroxylation sites is 1. The number of carbonyl (C=O) groups is 1. The predicted molar refractivity (Wildman–Crippen MR) is 82.8 cm³/mol. The summed E-state index contributed by atoms with van der Waals surface area (Å²) in [6, 6.07) is 9.80. The van der Waals surface area contributed by atoms with Gasteiger partial charge in [0.25, 0.3) is 0 Å². The minimum Gasteiger partial charge on any atom is -0.494 e. The maximum Gasteiger partial charge on any atom is 0.303 e. The largest absolute Gasteiger partial charge is 0.494 e. The molecule has 4 nitrogen and oxygen atoms in total. The van der Waals surface area contributed by atoms with Crippen LogP contribution in [0.15, 0.2) is 30.3 Å². The van der Waals surface area contributed by atoms with E-state index in [9.17, 15) is 4.79 Å². The van der Waals surface area contributed by atoms with Crippen LogP contribution in [0.4, 0.5) is 0 Å². The first-order chi connectivity index (χ1) is 9.18. The van der Waals surface area contributed by atoms with Crippen molar-refractivity contribution >= 4 is 18.4 Å². The summed E-state index contributed by atoms with van der Waals surface area (Å²) >= 11 is 0. The van der Waals surface area contributed by atoms with Crippen LogP contribution in [0.25, 0.3) is 0 Å². The molecule has 1 aromatic rings. The highest BCUT2D eigenvalue weighted by Crippen LogP contribution is 2.08. The lowest BCUT2D eigenvalue weighted by Gasteiger charge is -2.16. The molecule has 0 aliphatic rings. The van der Waals surface area contributed by atoms with Crippen molar-refractivity contribution in [3.05, 3.63) is 30.3 Å². The number of carboxylic acid groups (broad SMARTS) is 1. The molecule has 1 aromatic carbocycles. The summed E-state index contributed by atoms with van der Waals surface area (Å²) in [5, 5.41) is 8.53. The molecule has 1 rings (SSSR count). The van der Waals surface area contributed by atoms with Crippen molar-refractivity contribution in [3.63, 3.8) is 0 Å². The molecule has 0 saturated heterocycles. The molecule has 1 N–H and O–H groups in total. The summed E-state index contributed by atoms with van der Waals surface area (Å²) < 4.78 is 5.61. The molecule has 20 heavy (non-hydrogen) atoms. The van der Waals surface area contributed by atoms with Crippen molar-refractivity contribution in [1.29, 1.82) is 0 Å². The molecule has 0 amide bonds. The maximum absolute atomic E-state index is 10.4. The first-order valence-electron chi connectivity index (χ1n) is 6.76. The Balaban J connectivity index is 0.00000361. The molecule has 0 spiro atoms. The fourth-order valence-corrected chi connectivity index (χ4v) is 1.81. The van der Waals surface area contributed by atoms with Gasteiger partial charge in [0.05, 0.1) is 6.61 Å². The first-order valence-corrected chi connectivity index (χ1v) is 6.76. The summed E-state index contributed by atoms with van der Waals surface area (Å²) in [6.07, 6.45) is 2.93. The van der Waals surface area contributed by atoms with E-state index >= 15 is 0 Å². The third kappa shape index (κ3) is 9.64. The van der Waals surface area contributed by atoms with Gasteiger partial charge < -0.3 is 14.7 Å². The lowest BCUT2D eigenvalue weighted by Crippen LogP contribution is -2.22. The molecular weight excluding hydrogens is 278 g/mol. The molecular formula is C15H24ClNO3. The van der Waals surface area contributed by atoms with Crippen LogP contribution in [-0.2, 0) is 4.79 Å². The Kier molecular flexibility index (Phi) is 10.8. The minimum absolute atomic E-state index is 0. The zero-order valence-electron chi connectivity index (χ0n) is 12.0. The molecule has 0 heterocycles. The van der Waals surface area contributed by atoms with Gasteiger partial charge in [0.15, 0.2) is 0 Å². The number of ether oxygens (including phenoxy) is 1. The molecule has 0 aliphatic heterocycles. The quantitative estimate of drug-likeness (QED) is 0.675. The van der Waals surface area contributed by atoms with E-state index < -0.39 is 5.97 Å². The van der Waals surface area contributed by atoms with Gasteiger partial charge in [-0.15, -0.1) is 12.4 Å². The number of carboxylic acids is 1. The fraction of sp³-hybridized carbons (Fsp3) is 0.533. The van der Waals surface area contributed by atoms with Gasteiger partial charge in [-0.3, -0.25) is 4.79 Å². The highest BCUT2D eigenvalue weighted by Gasteiger charge is 2.01. The summed E-state index contributed by atoms with van der Waals surface area (Å²) in [4.78, 5) is 12.6. The van der Waals surface area contributed by atoms with Crippen molar-refractivity contribution in [1.82, 2.24) is 4.90 Å². The molecule has 0 atom stereocenters. The third-order valence-corrected chi connectivity index (χ3v) is 2.88. The minimum atomic E-state index is -0.709. The molecule has 0 aromatic heterocycles. The van der Waals surface area contributed by atoms with E-state index in [2.05, 4.69) is 11.9 Å². The first kappa shape index (κ1) is 18.7. The lowest BCUT2D eigenvalue weighted by atomic mass is 10.2. The Labute approximate surface area is 127 Å². The van der Waals surface area contributed by atoms with Crippen LogP contribution in [0.3, 0.4) is 0 Å². The Bertz CT molecular complexity index is 359. The molecule has 0 fully saturated rings. The van der Waals surface area contributed by atoms with E-state index in [4.69, 9.17) is 9.84 Å². The average molecular weight is 302 g/mol. The smallest absolute Gasteiger partial charge is 0.303 e. The Morgan fingerprint density at radius 3 is 2.45 bits per heavy atom. The standard InChI is InChI=1S/C15H23NO3.ClH/c1-16(11-6-5-10-15(17)18)12-7-13-19-14-8-3-2-4-9-14;/h2-4,8-9H,5-7,10-13H2,1H3,(H,17,18);1H. The summed E-state index contributed by atoms with van der Waals surface area (Å²) in [5.41, 5.74) is 0. The molecule has 0 bridgehead atoms. The summed E-state index contributed by atoms with van der Waals surface area (Å²) in [5.74, 6) is 0.200. The molecule has 0 aliphatic carbocycles. The van der Waals surface area contributed by atoms with E-state index in [1.807, 2.05) is 30.3 Å². The van der Waals surface area contributed by atoms with Crippen molar-refractivity contribution < 1.29 is 14.6 Å². The van der Waals surface area contributed by atoms with Gasteiger partial charge in [0, 0.05) is 13.0 Å². The normalized spacial score (nSPS) is 10.1. The average Bonchev–Trinajstić information content (AvgIpc) is 2.41. The molecule has 0 radical (unpaired) electrons. The summed E-state index contributed by atoms with van der Waals surface area (Å²) in [7, 11) is 2.06. The van der Waals surface area contributed by atoms with Crippen LogP contribution >= 0.6 is 12.4 Å². The zero-order chi connectivity index (χ0) is 13.9. The summed E-state index contributed by atoms with van der Waals surface area (Å²) in [6.45, 7) is 2.63. The van der Waals surface area contributed by atoms with Crippen molar-refractivity contribution in [2.24, 2.45) is 0 Å². The second-order valence-electron chi connectivity index (χ2n) is 4.67. The van der Waals surface area contributed by atoms with Crippen LogP contribution in [0.5, 0.6) is 5.75 Å². The number of rotatable bonds is 10. The number of benzene rings is 1. The molecule has 5 heteroatoms. The number of hydrogen-bond acceptors (Lipinski definition) is 3. The number of nitrogens with zero attached hydrogens (tertiary/aromatic N) is 1. The van der Waals surface area contributed by atoms with E-state index in [0.29, 0.717) is 6.61 Å². The van der Waals surface area contributed by atoms with E-state index in [1.54, 1.807) is 0 Å². The second-order valence-corrected chi connectivity index (χ2v) is 4.67. The van der Waals surface area contributed by atoms with Gasteiger partial charge in [-0.25, -0.2) is 0 Å². The van der Waals surface area contributed by atoms with Crippen LogP contribution in [0, 0.1) is 0 Å². The zero-order valence-corrected chi connectivity index (χ0v) is 12.8. The van der Waals surface area contributed by atoms with Gasteiger partial charge in [-0.2, -0.15) is 0 Å².